The molecule has 4 heteroatoms. The number of benzene rings is 1. The summed E-state index contributed by atoms with van der Waals surface area (Å²) >= 11 is 0. The Morgan fingerprint density at radius 2 is 1.88 bits per heavy atom. The zero-order valence-electron chi connectivity index (χ0n) is 8.77. The van der Waals surface area contributed by atoms with Crippen molar-refractivity contribution >= 4 is 0 Å². The molecule has 82 valence electrons. The van der Waals surface area contributed by atoms with Gasteiger partial charge < -0.3 is 5.32 Å². The van der Waals surface area contributed by atoms with Gasteiger partial charge in [-0.15, -0.1) is 0 Å². The molecule has 0 heterocycles. The van der Waals surface area contributed by atoms with Crippen molar-refractivity contribution in [3.8, 4) is 17.9 Å². The molecule has 1 aromatic carbocycles. The van der Waals surface area contributed by atoms with E-state index in [0.29, 0.717) is 13.0 Å². The molecule has 0 saturated heterocycles. The van der Waals surface area contributed by atoms with Gasteiger partial charge in [0.1, 0.15) is 17.7 Å². The first kappa shape index (κ1) is 12.2. The molecule has 0 aliphatic carbocycles. The number of halogens is 2. The molecule has 0 aliphatic heterocycles. The van der Waals surface area contributed by atoms with Crippen LogP contribution in [0.3, 0.4) is 0 Å². The van der Waals surface area contributed by atoms with Gasteiger partial charge >= 0.3 is 0 Å². The second-order valence-corrected chi connectivity index (χ2v) is 3.08. The molecule has 0 aromatic heterocycles. The van der Waals surface area contributed by atoms with Crippen LogP contribution >= 0.6 is 0 Å². The van der Waals surface area contributed by atoms with Crippen LogP contribution in [0.4, 0.5) is 8.78 Å². The number of nitrogens with zero attached hydrogens (tertiary/aromatic N) is 1. The number of nitriles is 1. The lowest BCUT2D eigenvalue weighted by molar-refractivity contribution is 0.594. The number of hydrogen-bond donors (Lipinski definition) is 1. The third kappa shape index (κ3) is 3.05. The highest BCUT2D eigenvalue weighted by Gasteiger charge is 2.07. The summed E-state index contributed by atoms with van der Waals surface area (Å²) in [6, 6.07) is 3.37. The largest absolute Gasteiger partial charge is 0.319 e. The average molecular weight is 220 g/mol. The van der Waals surface area contributed by atoms with Crippen molar-refractivity contribution in [2.75, 3.05) is 13.6 Å². The van der Waals surface area contributed by atoms with Gasteiger partial charge in [-0.1, -0.05) is 11.8 Å². The monoisotopic (exact) mass is 220 g/mol. The quantitative estimate of drug-likeness (QED) is 0.609. The molecule has 0 atom stereocenters. The van der Waals surface area contributed by atoms with Crippen molar-refractivity contribution in [2.24, 2.45) is 0 Å². The SMILES string of the molecule is CNCCC#Cc1cc(F)c(C#N)cc1F. The summed E-state index contributed by atoms with van der Waals surface area (Å²) < 4.78 is 26.4. The van der Waals surface area contributed by atoms with Gasteiger partial charge in [-0.3, -0.25) is 0 Å². The third-order valence-electron chi connectivity index (χ3n) is 1.90. The van der Waals surface area contributed by atoms with Gasteiger partial charge in [-0.05, 0) is 19.2 Å². The molecule has 2 nitrogen and oxygen atoms in total. The van der Waals surface area contributed by atoms with Crippen LogP contribution < -0.4 is 5.32 Å². The minimum Gasteiger partial charge on any atom is -0.319 e. The van der Waals surface area contributed by atoms with Crippen LogP contribution in [0.5, 0.6) is 0 Å². The summed E-state index contributed by atoms with van der Waals surface area (Å²) in [5, 5.41) is 11.4. The predicted molar refractivity (Wildman–Crippen MR) is 56.5 cm³/mol. The fourth-order valence-electron chi connectivity index (χ4n) is 1.07. The minimum atomic E-state index is -0.748. The lowest BCUT2D eigenvalue weighted by atomic mass is 10.1. The van der Waals surface area contributed by atoms with Gasteiger partial charge in [0.25, 0.3) is 0 Å². The van der Waals surface area contributed by atoms with Crippen molar-refractivity contribution in [1.82, 2.24) is 5.32 Å². The maximum atomic E-state index is 13.3. The Morgan fingerprint density at radius 1 is 1.25 bits per heavy atom. The van der Waals surface area contributed by atoms with Gasteiger partial charge in [-0.2, -0.15) is 5.26 Å². The highest BCUT2D eigenvalue weighted by molar-refractivity contribution is 5.42. The minimum absolute atomic E-state index is 0.0207. The predicted octanol–water partition coefficient (Wildman–Crippen LogP) is 1.80. The summed E-state index contributed by atoms with van der Waals surface area (Å²) in [6.45, 7) is 0.688. The summed E-state index contributed by atoms with van der Waals surface area (Å²) in [7, 11) is 1.78. The number of rotatable bonds is 2. The zero-order valence-corrected chi connectivity index (χ0v) is 8.77. The van der Waals surface area contributed by atoms with E-state index in [9.17, 15) is 8.78 Å². The van der Waals surface area contributed by atoms with E-state index < -0.39 is 11.6 Å². The van der Waals surface area contributed by atoms with Gasteiger partial charge in [0.2, 0.25) is 0 Å². The second-order valence-electron chi connectivity index (χ2n) is 3.08. The van der Waals surface area contributed by atoms with Crippen molar-refractivity contribution in [3.63, 3.8) is 0 Å². The maximum Gasteiger partial charge on any atom is 0.142 e. The standard InChI is InChI=1S/C12H10F2N2/c1-16-5-3-2-4-9-6-12(14)10(8-15)7-11(9)13/h6-7,16H,3,5H2,1H3. The van der Waals surface area contributed by atoms with E-state index in [1.165, 1.54) is 0 Å². The first-order valence-electron chi connectivity index (χ1n) is 4.71. The molecular weight excluding hydrogens is 210 g/mol. The van der Waals surface area contributed by atoms with Gasteiger partial charge in [0, 0.05) is 13.0 Å². The molecule has 0 bridgehead atoms. The molecule has 0 aliphatic rings. The average Bonchev–Trinajstić information content (AvgIpc) is 2.28. The molecule has 0 fully saturated rings. The summed E-state index contributed by atoms with van der Waals surface area (Å²) in [5.74, 6) is 3.81. The van der Waals surface area contributed by atoms with Crippen LogP contribution in [-0.4, -0.2) is 13.6 Å². The molecule has 16 heavy (non-hydrogen) atoms. The van der Waals surface area contributed by atoms with Crippen LogP contribution in [-0.2, 0) is 0 Å². The number of hydrogen-bond acceptors (Lipinski definition) is 2. The van der Waals surface area contributed by atoms with Crippen LogP contribution in [0, 0.1) is 34.8 Å². The van der Waals surface area contributed by atoms with Crippen molar-refractivity contribution < 1.29 is 8.78 Å². The molecule has 0 radical (unpaired) electrons. The molecule has 0 spiro atoms. The fraction of sp³-hybridized carbons (Fsp3) is 0.250. The Kier molecular flexibility index (Phi) is 4.44. The highest BCUT2D eigenvalue weighted by Crippen LogP contribution is 2.13. The van der Waals surface area contributed by atoms with Crippen LogP contribution in [0.15, 0.2) is 12.1 Å². The third-order valence-corrected chi connectivity index (χ3v) is 1.90. The Morgan fingerprint density at radius 3 is 2.50 bits per heavy atom. The normalized spacial score (nSPS) is 9.12. The van der Waals surface area contributed by atoms with Gasteiger partial charge in [0.15, 0.2) is 0 Å². The molecule has 1 aromatic rings. The topological polar surface area (TPSA) is 35.8 Å². The van der Waals surface area contributed by atoms with E-state index in [1.54, 1.807) is 13.1 Å². The van der Waals surface area contributed by atoms with Crippen molar-refractivity contribution in [3.05, 3.63) is 34.9 Å². The maximum absolute atomic E-state index is 13.3. The smallest absolute Gasteiger partial charge is 0.142 e. The first-order valence-corrected chi connectivity index (χ1v) is 4.71. The van der Waals surface area contributed by atoms with Crippen LogP contribution in [0.1, 0.15) is 17.5 Å². The van der Waals surface area contributed by atoms with E-state index >= 15 is 0 Å². The van der Waals surface area contributed by atoms with E-state index in [0.717, 1.165) is 12.1 Å². The first-order chi connectivity index (χ1) is 7.69. The molecule has 0 saturated carbocycles. The molecule has 0 amide bonds. The molecule has 1 rings (SSSR count). The summed E-state index contributed by atoms with van der Waals surface area (Å²) in [4.78, 5) is 0. The van der Waals surface area contributed by atoms with Gasteiger partial charge in [0.05, 0.1) is 11.1 Å². The van der Waals surface area contributed by atoms with E-state index in [4.69, 9.17) is 5.26 Å². The Balaban J connectivity index is 2.93. The number of nitrogens with one attached hydrogen (secondary N) is 1. The van der Waals surface area contributed by atoms with Crippen molar-refractivity contribution in [1.29, 1.82) is 5.26 Å². The Hall–Kier alpha value is -1.91. The summed E-state index contributed by atoms with van der Waals surface area (Å²) in [6.07, 6.45) is 0.553. The van der Waals surface area contributed by atoms with E-state index in [-0.39, 0.29) is 11.1 Å². The van der Waals surface area contributed by atoms with E-state index in [1.807, 2.05) is 0 Å². The van der Waals surface area contributed by atoms with E-state index in [2.05, 4.69) is 17.2 Å². The lowest BCUT2D eigenvalue weighted by Crippen LogP contribution is -2.05. The van der Waals surface area contributed by atoms with Gasteiger partial charge in [-0.25, -0.2) is 8.78 Å². The van der Waals surface area contributed by atoms with Crippen molar-refractivity contribution in [2.45, 2.75) is 6.42 Å². The van der Waals surface area contributed by atoms with Crippen LogP contribution in [0.25, 0.3) is 0 Å². The second kappa shape index (κ2) is 5.85. The lowest BCUT2D eigenvalue weighted by Gasteiger charge is -1.97. The zero-order chi connectivity index (χ0) is 12.0. The molecule has 1 N–H and O–H groups in total. The fourth-order valence-corrected chi connectivity index (χ4v) is 1.07. The Bertz CT molecular complexity index is 478. The summed E-state index contributed by atoms with van der Waals surface area (Å²) in [5.41, 5.74) is -0.328. The highest BCUT2D eigenvalue weighted by atomic mass is 19.1. The van der Waals surface area contributed by atoms with Crippen LogP contribution in [0.2, 0.25) is 0 Å². The molecular formula is C12H10F2N2. The molecule has 0 unspecified atom stereocenters. The Labute approximate surface area is 92.9 Å².